The lowest BCUT2D eigenvalue weighted by Crippen LogP contribution is -2.45. The Labute approximate surface area is 116 Å². The Kier molecular flexibility index (Phi) is 3.75. The van der Waals surface area contributed by atoms with Gasteiger partial charge in [-0.2, -0.15) is 0 Å². The van der Waals surface area contributed by atoms with Gasteiger partial charge in [0.2, 0.25) is 6.79 Å². The van der Waals surface area contributed by atoms with Crippen molar-refractivity contribution >= 4 is 5.97 Å². The van der Waals surface area contributed by atoms with Gasteiger partial charge in [0.25, 0.3) is 0 Å². The smallest absolute Gasteiger partial charge is 0.305 e. The number of nitrogens with zero attached hydrogens (tertiary/aromatic N) is 1. The van der Waals surface area contributed by atoms with Gasteiger partial charge in [0.1, 0.15) is 0 Å². The molecule has 2 aliphatic heterocycles. The number of fused-ring (bicyclic) bond motifs is 1. The first kappa shape index (κ1) is 13.2. The van der Waals surface area contributed by atoms with Crippen molar-refractivity contribution in [2.24, 2.45) is 0 Å². The molecular formula is C14H17NO5. The monoisotopic (exact) mass is 279 g/mol. The number of benzene rings is 1. The van der Waals surface area contributed by atoms with Crippen molar-refractivity contribution in [3.63, 3.8) is 0 Å². The molecule has 1 fully saturated rings. The molecule has 1 saturated heterocycles. The van der Waals surface area contributed by atoms with Crippen molar-refractivity contribution in [1.29, 1.82) is 0 Å². The van der Waals surface area contributed by atoms with E-state index in [-0.39, 0.29) is 19.3 Å². The fourth-order valence-corrected chi connectivity index (χ4v) is 2.56. The van der Waals surface area contributed by atoms with Gasteiger partial charge in [0.15, 0.2) is 11.5 Å². The van der Waals surface area contributed by atoms with Crippen LogP contribution in [-0.2, 0) is 16.1 Å². The van der Waals surface area contributed by atoms with Crippen molar-refractivity contribution in [3.8, 4) is 11.5 Å². The van der Waals surface area contributed by atoms with Crippen LogP contribution in [0.1, 0.15) is 12.0 Å². The van der Waals surface area contributed by atoms with E-state index in [4.69, 9.17) is 19.3 Å². The number of carboxylic acid groups (broad SMARTS) is 1. The van der Waals surface area contributed by atoms with E-state index in [0.29, 0.717) is 19.8 Å². The molecule has 1 atom stereocenters. The molecule has 1 aromatic carbocycles. The van der Waals surface area contributed by atoms with E-state index in [1.54, 1.807) is 0 Å². The summed E-state index contributed by atoms with van der Waals surface area (Å²) < 4.78 is 16.0. The van der Waals surface area contributed by atoms with Crippen molar-refractivity contribution in [3.05, 3.63) is 23.8 Å². The molecule has 0 aromatic heterocycles. The second-order valence-electron chi connectivity index (χ2n) is 4.98. The standard InChI is InChI=1S/C14H17NO5/c16-14(17)6-11-8-18-4-3-15(11)7-10-1-2-12-13(5-10)20-9-19-12/h1-2,5,11H,3-4,6-9H2,(H,16,17). The first-order valence-corrected chi connectivity index (χ1v) is 6.64. The summed E-state index contributed by atoms with van der Waals surface area (Å²) in [6.45, 7) is 2.81. The predicted molar refractivity (Wildman–Crippen MR) is 69.8 cm³/mol. The molecule has 6 nitrogen and oxygen atoms in total. The van der Waals surface area contributed by atoms with Crippen LogP contribution in [0, 0.1) is 0 Å². The van der Waals surface area contributed by atoms with E-state index in [9.17, 15) is 4.79 Å². The molecule has 2 heterocycles. The number of hydrogen-bond donors (Lipinski definition) is 1. The molecule has 0 amide bonds. The van der Waals surface area contributed by atoms with Crippen LogP contribution in [0.3, 0.4) is 0 Å². The zero-order valence-electron chi connectivity index (χ0n) is 11.1. The highest BCUT2D eigenvalue weighted by atomic mass is 16.7. The van der Waals surface area contributed by atoms with E-state index in [1.165, 1.54) is 0 Å². The SMILES string of the molecule is O=C(O)CC1COCCN1Cc1ccc2c(c1)OCO2. The van der Waals surface area contributed by atoms with Crippen LogP contribution in [0.15, 0.2) is 18.2 Å². The summed E-state index contributed by atoms with van der Waals surface area (Å²) in [5, 5.41) is 8.96. The zero-order chi connectivity index (χ0) is 13.9. The molecule has 108 valence electrons. The van der Waals surface area contributed by atoms with Crippen LogP contribution in [0.5, 0.6) is 11.5 Å². The van der Waals surface area contributed by atoms with Gasteiger partial charge >= 0.3 is 5.97 Å². The highest BCUT2D eigenvalue weighted by molar-refractivity contribution is 5.67. The second-order valence-corrected chi connectivity index (χ2v) is 4.98. The number of carboxylic acids is 1. The average molecular weight is 279 g/mol. The second kappa shape index (κ2) is 5.68. The highest BCUT2D eigenvalue weighted by Crippen LogP contribution is 2.33. The van der Waals surface area contributed by atoms with Gasteiger partial charge < -0.3 is 19.3 Å². The Morgan fingerprint density at radius 1 is 1.35 bits per heavy atom. The molecule has 20 heavy (non-hydrogen) atoms. The topological polar surface area (TPSA) is 68.2 Å². The maximum Gasteiger partial charge on any atom is 0.305 e. The van der Waals surface area contributed by atoms with Gasteiger partial charge in [-0.15, -0.1) is 0 Å². The van der Waals surface area contributed by atoms with Crippen LogP contribution >= 0.6 is 0 Å². The summed E-state index contributed by atoms with van der Waals surface area (Å²) in [6.07, 6.45) is 0.102. The Bertz CT molecular complexity index is 504. The molecule has 6 heteroatoms. The third-order valence-corrected chi connectivity index (χ3v) is 3.58. The first-order chi connectivity index (χ1) is 9.72. The van der Waals surface area contributed by atoms with E-state index < -0.39 is 5.97 Å². The van der Waals surface area contributed by atoms with Crippen LogP contribution in [0.25, 0.3) is 0 Å². The quantitative estimate of drug-likeness (QED) is 0.890. The van der Waals surface area contributed by atoms with E-state index in [1.807, 2.05) is 18.2 Å². The van der Waals surface area contributed by atoms with Crippen molar-refractivity contribution < 1.29 is 24.1 Å². The minimum absolute atomic E-state index is 0.0772. The average Bonchev–Trinajstić information content (AvgIpc) is 2.88. The van der Waals surface area contributed by atoms with Crippen molar-refractivity contribution in [1.82, 2.24) is 4.90 Å². The van der Waals surface area contributed by atoms with Gasteiger partial charge in [-0.3, -0.25) is 9.69 Å². The summed E-state index contributed by atoms with van der Waals surface area (Å²) in [5.74, 6) is 0.722. The van der Waals surface area contributed by atoms with E-state index >= 15 is 0 Å². The van der Waals surface area contributed by atoms with E-state index in [2.05, 4.69) is 4.90 Å². The lowest BCUT2D eigenvalue weighted by atomic mass is 10.1. The Morgan fingerprint density at radius 3 is 3.05 bits per heavy atom. The minimum Gasteiger partial charge on any atom is -0.481 e. The molecule has 0 aliphatic carbocycles. The fraction of sp³-hybridized carbons (Fsp3) is 0.500. The van der Waals surface area contributed by atoms with Gasteiger partial charge in [-0.05, 0) is 17.7 Å². The number of aliphatic carboxylic acids is 1. The molecule has 0 radical (unpaired) electrons. The zero-order valence-corrected chi connectivity index (χ0v) is 11.1. The summed E-state index contributed by atoms with van der Waals surface area (Å²) in [5.41, 5.74) is 1.09. The van der Waals surface area contributed by atoms with Crippen LogP contribution in [0.2, 0.25) is 0 Å². The number of rotatable bonds is 4. The highest BCUT2D eigenvalue weighted by Gasteiger charge is 2.25. The Balaban J connectivity index is 1.70. The van der Waals surface area contributed by atoms with E-state index in [0.717, 1.165) is 23.6 Å². The molecule has 0 spiro atoms. The van der Waals surface area contributed by atoms with Gasteiger partial charge in [-0.25, -0.2) is 0 Å². The van der Waals surface area contributed by atoms with Crippen molar-refractivity contribution in [2.75, 3.05) is 26.6 Å². The number of morpholine rings is 1. The molecule has 1 aromatic rings. The summed E-state index contributed by atoms with van der Waals surface area (Å²) >= 11 is 0. The normalized spacial score (nSPS) is 21.9. The number of carbonyl (C=O) groups is 1. The molecule has 0 bridgehead atoms. The molecule has 2 aliphatic rings. The third-order valence-electron chi connectivity index (χ3n) is 3.58. The van der Waals surface area contributed by atoms with Gasteiger partial charge in [-0.1, -0.05) is 6.07 Å². The largest absolute Gasteiger partial charge is 0.481 e. The maximum absolute atomic E-state index is 10.9. The first-order valence-electron chi connectivity index (χ1n) is 6.64. The lowest BCUT2D eigenvalue weighted by molar-refractivity contribution is -0.140. The Hall–Kier alpha value is -1.79. The molecule has 3 rings (SSSR count). The van der Waals surface area contributed by atoms with Crippen molar-refractivity contribution in [2.45, 2.75) is 19.0 Å². The molecule has 0 saturated carbocycles. The van der Waals surface area contributed by atoms with Gasteiger partial charge in [0.05, 0.1) is 19.6 Å². The predicted octanol–water partition coefficient (Wildman–Crippen LogP) is 1.09. The molecular weight excluding hydrogens is 262 g/mol. The van der Waals surface area contributed by atoms with Crippen LogP contribution < -0.4 is 9.47 Å². The lowest BCUT2D eigenvalue weighted by Gasteiger charge is -2.34. The summed E-state index contributed by atoms with van der Waals surface area (Å²) in [7, 11) is 0. The number of hydrogen-bond acceptors (Lipinski definition) is 5. The molecule has 1 unspecified atom stereocenters. The van der Waals surface area contributed by atoms with Crippen LogP contribution in [0.4, 0.5) is 0 Å². The fourth-order valence-electron chi connectivity index (χ4n) is 2.56. The third kappa shape index (κ3) is 2.86. The summed E-state index contributed by atoms with van der Waals surface area (Å²) in [6, 6.07) is 5.76. The number of ether oxygens (including phenoxy) is 3. The van der Waals surface area contributed by atoms with Gasteiger partial charge in [0, 0.05) is 19.1 Å². The van der Waals surface area contributed by atoms with Crippen LogP contribution in [-0.4, -0.2) is 48.6 Å². The molecule has 1 N–H and O–H groups in total. The minimum atomic E-state index is -0.795. The Morgan fingerprint density at radius 2 is 2.20 bits per heavy atom. The maximum atomic E-state index is 10.9. The summed E-state index contributed by atoms with van der Waals surface area (Å²) in [4.78, 5) is 13.0.